The standard InChI is InChI=1S/C18H14F3N3O2S/c1-2-26-12-8-9-13-14(10-12)27-16-23-17(18(19,20)21,22-15(25)24(13)16)11-6-4-3-5-7-11/h3-10H,2H2,1H3,(H,22,25). The van der Waals surface area contributed by atoms with Gasteiger partial charge in [-0.3, -0.25) is 0 Å². The molecular formula is C18H14F3N3O2S. The molecule has 2 heterocycles. The zero-order valence-electron chi connectivity index (χ0n) is 14.1. The maximum Gasteiger partial charge on any atom is 0.436 e. The highest BCUT2D eigenvalue weighted by atomic mass is 32.2. The van der Waals surface area contributed by atoms with Gasteiger partial charge in [-0.1, -0.05) is 30.3 Å². The summed E-state index contributed by atoms with van der Waals surface area (Å²) in [6, 6.07) is 11.3. The maximum absolute atomic E-state index is 14.0. The van der Waals surface area contributed by atoms with Gasteiger partial charge in [-0.15, -0.1) is 0 Å². The van der Waals surface area contributed by atoms with Crippen LogP contribution in [0.25, 0.3) is 0 Å². The van der Waals surface area contributed by atoms with Crippen LogP contribution in [0.5, 0.6) is 5.75 Å². The number of carbonyl (C=O) groups excluding carboxylic acids is 1. The number of fused-ring (bicyclic) bond motifs is 3. The fourth-order valence-corrected chi connectivity index (χ4v) is 4.12. The molecule has 2 amide bonds. The predicted octanol–water partition coefficient (Wildman–Crippen LogP) is 4.49. The molecule has 2 aromatic rings. The third kappa shape index (κ3) is 2.73. The summed E-state index contributed by atoms with van der Waals surface area (Å²) in [6.07, 6.45) is -4.81. The minimum absolute atomic E-state index is 0.0245. The number of nitrogens with zero attached hydrogens (tertiary/aromatic N) is 2. The number of nitrogens with one attached hydrogen (secondary N) is 1. The van der Waals surface area contributed by atoms with Gasteiger partial charge in [-0.25, -0.2) is 14.7 Å². The zero-order chi connectivity index (χ0) is 19.2. The van der Waals surface area contributed by atoms with Gasteiger partial charge in [0.15, 0.2) is 5.17 Å². The van der Waals surface area contributed by atoms with Crippen molar-refractivity contribution in [3.63, 3.8) is 0 Å². The molecule has 0 radical (unpaired) electrons. The molecule has 0 spiro atoms. The van der Waals surface area contributed by atoms with Gasteiger partial charge in [0, 0.05) is 10.5 Å². The summed E-state index contributed by atoms with van der Waals surface area (Å²) in [5, 5.41) is 2.04. The van der Waals surface area contributed by atoms with Crippen LogP contribution in [-0.2, 0) is 5.66 Å². The number of carbonyl (C=O) groups is 1. The number of alkyl halides is 3. The van der Waals surface area contributed by atoms with Crippen molar-refractivity contribution in [1.82, 2.24) is 5.32 Å². The largest absolute Gasteiger partial charge is 0.494 e. The Hall–Kier alpha value is -2.68. The number of anilines is 1. The van der Waals surface area contributed by atoms with Crippen LogP contribution in [0, 0.1) is 0 Å². The molecule has 5 nitrogen and oxygen atoms in total. The first kappa shape index (κ1) is 17.7. The predicted molar refractivity (Wildman–Crippen MR) is 96.1 cm³/mol. The molecule has 2 aromatic carbocycles. The summed E-state index contributed by atoms with van der Waals surface area (Å²) >= 11 is 1.01. The highest BCUT2D eigenvalue weighted by Crippen LogP contribution is 2.49. The summed E-state index contributed by atoms with van der Waals surface area (Å²) < 4.78 is 47.5. The first-order chi connectivity index (χ1) is 12.9. The normalized spacial score (nSPS) is 21.3. The van der Waals surface area contributed by atoms with Gasteiger partial charge in [0.1, 0.15) is 5.75 Å². The Morgan fingerprint density at radius 1 is 1.22 bits per heavy atom. The van der Waals surface area contributed by atoms with Crippen LogP contribution in [-0.4, -0.2) is 24.0 Å². The van der Waals surface area contributed by atoms with Crippen molar-refractivity contribution in [3.05, 3.63) is 54.1 Å². The molecule has 0 aromatic heterocycles. The number of hydrogen-bond acceptors (Lipinski definition) is 4. The van der Waals surface area contributed by atoms with Gasteiger partial charge in [-0.2, -0.15) is 13.2 Å². The Morgan fingerprint density at radius 3 is 2.63 bits per heavy atom. The van der Waals surface area contributed by atoms with E-state index in [0.29, 0.717) is 22.9 Å². The van der Waals surface area contributed by atoms with Crippen molar-refractivity contribution in [2.24, 2.45) is 4.99 Å². The SMILES string of the molecule is CCOc1ccc2c(c1)SC1=NC(c3ccccc3)(C(F)(F)F)NC(=O)N12. The Kier molecular flexibility index (Phi) is 4.06. The average molecular weight is 393 g/mol. The van der Waals surface area contributed by atoms with Crippen LogP contribution >= 0.6 is 11.8 Å². The number of halogens is 3. The van der Waals surface area contributed by atoms with Crippen molar-refractivity contribution in [2.75, 3.05) is 11.5 Å². The van der Waals surface area contributed by atoms with Gasteiger partial charge in [0.05, 0.1) is 12.3 Å². The lowest BCUT2D eigenvalue weighted by atomic mass is 9.98. The van der Waals surface area contributed by atoms with Gasteiger partial charge in [0.25, 0.3) is 5.66 Å². The number of amides is 2. The van der Waals surface area contributed by atoms with Crippen LogP contribution < -0.4 is 15.0 Å². The molecule has 0 bridgehead atoms. The zero-order valence-corrected chi connectivity index (χ0v) is 14.9. The highest BCUT2D eigenvalue weighted by Gasteiger charge is 2.61. The van der Waals surface area contributed by atoms with Crippen molar-refractivity contribution >= 4 is 28.6 Å². The average Bonchev–Trinajstić information content (AvgIpc) is 2.99. The smallest absolute Gasteiger partial charge is 0.436 e. The van der Waals surface area contributed by atoms with Crippen LogP contribution in [0.1, 0.15) is 12.5 Å². The van der Waals surface area contributed by atoms with E-state index in [1.807, 2.05) is 6.92 Å². The molecule has 0 saturated carbocycles. The molecule has 1 N–H and O–H groups in total. The van der Waals surface area contributed by atoms with Crippen LogP contribution in [0.15, 0.2) is 58.4 Å². The fourth-order valence-electron chi connectivity index (χ4n) is 3.03. The Balaban J connectivity index is 1.84. The Morgan fingerprint density at radius 2 is 1.96 bits per heavy atom. The van der Waals surface area contributed by atoms with E-state index in [2.05, 4.69) is 10.3 Å². The number of ether oxygens (including phenoxy) is 1. The summed E-state index contributed by atoms with van der Waals surface area (Å²) in [7, 11) is 0. The van der Waals surface area contributed by atoms with Gasteiger partial charge >= 0.3 is 12.2 Å². The van der Waals surface area contributed by atoms with E-state index in [1.165, 1.54) is 24.3 Å². The van der Waals surface area contributed by atoms with Gasteiger partial charge in [-0.05, 0) is 36.9 Å². The van der Waals surface area contributed by atoms with E-state index in [9.17, 15) is 18.0 Å². The molecule has 2 aliphatic heterocycles. The van der Waals surface area contributed by atoms with Crippen molar-refractivity contribution in [3.8, 4) is 5.75 Å². The number of aliphatic imine (C=N–C) groups is 1. The molecule has 4 rings (SSSR count). The van der Waals surface area contributed by atoms with E-state index in [1.54, 1.807) is 24.3 Å². The lowest BCUT2D eigenvalue weighted by Gasteiger charge is -2.38. The molecule has 2 aliphatic rings. The van der Waals surface area contributed by atoms with Crippen molar-refractivity contribution in [2.45, 2.75) is 23.7 Å². The highest BCUT2D eigenvalue weighted by molar-refractivity contribution is 8.15. The minimum atomic E-state index is -4.81. The van der Waals surface area contributed by atoms with Gasteiger partial charge in [0.2, 0.25) is 0 Å². The third-order valence-electron chi connectivity index (χ3n) is 4.23. The Labute approximate surface area is 157 Å². The van der Waals surface area contributed by atoms with Crippen molar-refractivity contribution < 1.29 is 22.7 Å². The molecule has 1 atom stereocenters. The number of rotatable bonds is 3. The number of hydrogen-bond donors (Lipinski definition) is 1. The van der Waals surface area contributed by atoms with E-state index < -0.39 is 17.9 Å². The second-order valence-electron chi connectivity index (χ2n) is 5.90. The molecule has 0 saturated heterocycles. The number of thioether (sulfide) groups is 1. The molecule has 0 fully saturated rings. The van der Waals surface area contributed by atoms with E-state index in [0.717, 1.165) is 16.7 Å². The maximum atomic E-state index is 14.0. The summed E-state index contributed by atoms with van der Waals surface area (Å²) in [5.74, 6) is 0.578. The summed E-state index contributed by atoms with van der Waals surface area (Å²) in [5.41, 5.74) is -2.50. The quantitative estimate of drug-likeness (QED) is 0.836. The first-order valence-corrected chi connectivity index (χ1v) is 8.96. The minimum Gasteiger partial charge on any atom is -0.494 e. The molecule has 1 unspecified atom stereocenters. The van der Waals surface area contributed by atoms with Crippen LogP contribution in [0.4, 0.5) is 23.7 Å². The number of amidine groups is 1. The molecule has 140 valence electrons. The molecule has 9 heteroatoms. The van der Waals surface area contributed by atoms with Crippen molar-refractivity contribution in [1.29, 1.82) is 0 Å². The van der Waals surface area contributed by atoms with Gasteiger partial charge < -0.3 is 10.1 Å². The summed E-state index contributed by atoms with van der Waals surface area (Å²) in [6.45, 7) is 2.29. The second kappa shape index (κ2) is 6.19. The molecule has 27 heavy (non-hydrogen) atoms. The monoisotopic (exact) mass is 393 g/mol. The van der Waals surface area contributed by atoms with E-state index in [-0.39, 0.29) is 10.7 Å². The lowest BCUT2D eigenvalue weighted by Crippen LogP contribution is -2.62. The first-order valence-electron chi connectivity index (χ1n) is 8.15. The Bertz CT molecular complexity index is 933. The molecular weight excluding hydrogens is 379 g/mol. The fraction of sp³-hybridized carbons (Fsp3) is 0.222. The van der Waals surface area contributed by atoms with E-state index in [4.69, 9.17) is 4.74 Å². The van der Waals surface area contributed by atoms with Crippen LogP contribution in [0.3, 0.4) is 0 Å². The topological polar surface area (TPSA) is 53.9 Å². The third-order valence-corrected chi connectivity index (χ3v) is 5.24. The number of benzene rings is 2. The summed E-state index contributed by atoms with van der Waals surface area (Å²) in [4.78, 5) is 18.4. The van der Waals surface area contributed by atoms with E-state index >= 15 is 0 Å². The molecule has 0 aliphatic carbocycles. The number of urea groups is 1. The lowest BCUT2D eigenvalue weighted by molar-refractivity contribution is -0.195. The van der Waals surface area contributed by atoms with Crippen LogP contribution in [0.2, 0.25) is 0 Å². The second-order valence-corrected chi connectivity index (χ2v) is 6.91.